The van der Waals surface area contributed by atoms with E-state index in [0.717, 1.165) is 31.4 Å². The summed E-state index contributed by atoms with van der Waals surface area (Å²) < 4.78 is 2.23. The number of aryl methyl sites for hydroxylation is 2. The molecule has 4 heteroatoms. The molecular weight excluding hydrogens is 232 g/mol. The van der Waals surface area contributed by atoms with Gasteiger partial charge in [0.1, 0.15) is 18.1 Å². The monoisotopic (exact) mass is 247 g/mol. The maximum absolute atomic E-state index is 11.5. The van der Waals surface area contributed by atoms with Crippen molar-refractivity contribution in [3.05, 3.63) is 28.3 Å². The van der Waals surface area contributed by atoms with Gasteiger partial charge in [0, 0.05) is 11.1 Å². The molecule has 3 rings (SSSR count). The lowest BCUT2D eigenvalue weighted by atomic mass is 9.99. The van der Waals surface area contributed by atoms with Crippen molar-refractivity contribution in [1.82, 2.24) is 0 Å². The Balaban J connectivity index is 2.11. The number of nitrogens with one attached hydrogen (secondary N) is 2. The van der Waals surface area contributed by atoms with Crippen molar-refractivity contribution >= 4 is 24.1 Å². The predicted octanol–water partition coefficient (Wildman–Crippen LogP) is 1.01. The number of urea groups is 1. The standard InChI is InChI=1S/C13H14N2OS/c16-13(15-17)14-12-10-5-1-3-8(10)7-9-4-2-6-11(9)12/h7H,1-6H2,(H,14,16)/p+1. The molecule has 3 nitrogen and oxygen atoms in total. The van der Waals surface area contributed by atoms with Crippen LogP contribution in [0.1, 0.15) is 35.1 Å². The topological polar surface area (TPSA) is 43.1 Å². The number of hydrogen-bond donors (Lipinski definition) is 2. The molecule has 1 aromatic carbocycles. The molecule has 2 amide bonds. The lowest BCUT2D eigenvalue weighted by Crippen LogP contribution is -2.71. The van der Waals surface area contributed by atoms with Gasteiger partial charge in [0.25, 0.3) is 0 Å². The minimum Gasteiger partial charge on any atom is -0.203 e. The van der Waals surface area contributed by atoms with Crippen molar-refractivity contribution in [3.63, 3.8) is 0 Å². The van der Waals surface area contributed by atoms with Gasteiger partial charge in [-0.2, -0.15) is 4.79 Å². The average molecular weight is 247 g/mol. The summed E-state index contributed by atoms with van der Waals surface area (Å²) in [6, 6.07) is 2.07. The van der Waals surface area contributed by atoms with Crippen LogP contribution in [0.5, 0.6) is 0 Å². The van der Waals surface area contributed by atoms with Crippen molar-refractivity contribution < 1.29 is 9.16 Å². The zero-order valence-electron chi connectivity index (χ0n) is 9.64. The van der Waals surface area contributed by atoms with Crippen LogP contribution in [-0.4, -0.2) is 6.03 Å². The summed E-state index contributed by atoms with van der Waals surface area (Å²) in [5.74, 6) is 0. The first-order valence-electron chi connectivity index (χ1n) is 6.15. The van der Waals surface area contributed by atoms with Gasteiger partial charge >= 0.3 is 6.03 Å². The van der Waals surface area contributed by atoms with E-state index in [1.165, 1.54) is 35.1 Å². The first-order chi connectivity index (χ1) is 8.29. The number of rotatable bonds is 1. The van der Waals surface area contributed by atoms with Crippen LogP contribution in [0.4, 0.5) is 10.5 Å². The van der Waals surface area contributed by atoms with E-state index in [9.17, 15) is 4.79 Å². The second kappa shape index (κ2) is 4.18. The number of carbonyl (C=O) groups is 1. The van der Waals surface area contributed by atoms with Gasteiger partial charge in [0.2, 0.25) is 0 Å². The fourth-order valence-corrected chi connectivity index (χ4v) is 3.16. The molecule has 88 valence electrons. The minimum absolute atomic E-state index is 0.283. The summed E-state index contributed by atoms with van der Waals surface area (Å²) in [6.45, 7) is 0. The zero-order chi connectivity index (χ0) is 11.8. The van der Waals surface area contributed by atoms with E-state index >= 15 is 0 Å². The maximum Gasteiger partial charge on any atom is 0.505 e. The molecule has 0 aliphatic heterocycles. The molecule has 1 aromatic rings. The Morgan fingerprint density at radius 2 is 1.71 bits per heavy atom. The van der Waals surface area contributed by atoms with E-state index in [0.29, 0.717) is 0 Å². The molecule has 0 heterocycles. The second-order valence-corrected chi connectivity index (χ2v) is 4.99. The van der Waals surface area contributed by atoms with Gasteiger partial charge < -0.3 is 0 Å². The van der Waals surface area contributed by atoms with Gasteiger partial charge in [-0.25, -0.2) is 5.32 Å². The van der Waals surface area contributed by atoms with Crippen LogP contribution in [0.15, 0.2) is 6.07 Å². The highest BCUT2D eigenvalue weighted by Crippen LogP contribution is 2.38. The van der Waals surface area contributed by atoms with Gasteiger partial charge in [-0.05, 0) is 49.7 Å². The van der Waals surface area contributed by atoms with Crippen LogP contribution >= 0.6 is 0 Å². The largest absolute Gasteiger partial charge is 0.505 e. The van der Waals surface area contributed by atoms with Gasteiger partial charge in [0.15, 0.2) is 0 Å². The number of amides is 2. The lowest BCUT2D eigenvalue weighted by Gasteiger charge is -2.10. The SMILES string of the molecule is O=C(Nc1c2c(cc3c1CCC3)CCC2)[NH+]=S. The molecule has 17 heavy (non-hydrogen) atoms. The van der Waals surface area contributed by atoms with E-state index in [1.807, 2.05) is 0 Å². The highest BCUT2D eigenvalue weighted by atomic mass is 32.1. The fourth-order valence-electron chi connectivity index (χ4n) is 3.11. The smallest absolute Gasteiger partial charge is 0.203 e. The third-order valence-corrected chi connectivity index (χ3v) is 3.99. The summed E-state index contributed by atoms with van der Waals surface area (Å²) in [6.07, 6.45) is 6.84. The Morgan fingerprint density at radius 1 is 1.12 bits per heavy atom. The zero-order valence-corrected chi connectivity index (χ0v) is 10.5. The van der Waals surface area contributed by atoms with Gasteiger partial charge in [-0.15, -0.1) is 4.36 Å². The molecule has 2 aliphatic rings. The molecule has 2 aliphatic carbocycles. The predicted molar refractivity (Wildman–Crippen MR) is 67.8 cm³/mol. The van der Waals surface area contributed by atoms with E-state index in [1.54, 1.807) is 0 Å². The van der Waals surface area contributed by atoms with Gasteiger partial charge in [0.05, 0.1) is 0 Å². The number of benzene rings is 1. The first kappa shape index (κ1) is 10.8. The Hall–Kier alpha value is -1.29. The first-order valence-corrected chi connectivity index (χ1v) is 6.56. The Labute approximate surface area is 106 Å². The van der Waals surface area contributed by atoms with Crippen molar-refractivity contribution in [2.24, 2.45) is 0 Å². The van der Waals surface area contributed by atoms with E-state index in [2.05, 4.69) is 28.2 Å². The maximum atomic E-state index is 11.5. The lowest BCUT2D eigenvalue weighted by molar-refractivity contribution is -0.300. The fraction of sp³-hybridized carbons (Fsp3) is 0.462. The van der Waals surface area contributed by atoms with E-state index in [-0.39, 0.29) is 6.03 Å². The molecular formula is C13H15N2OS+. The summed E-state index contributed by atoms with van der Waals surface area (Å²) in [5.41, 5.74) is 6.57. The Kier molecular flexibility index (Phi) is 2.67. The normalized spacial score (nSPS) is 16.5. The molecule has 0 spiro atoms. The molecule has 0 radical (unpaired) electrons. The molecule has 0 saturated heterocycles. The number of anilines is 1. The molecule has 0 saturated carbocycles. The highest BCUT2D eigenvalue weighted by Gasteiger charge is 2.27. The van der Waals surface area contributed by atoms with Crippen molar-refractivity contribution in [1.29, 1.82) is 0 Å². The van der Waals surface area contributed by atoms with Crippen molar-refractivity contribution in [2.45, 2.75) is 38.5 Å². The van der Waals surface area contributed by atoms with Crippen molar-refractivity contribution in [2.75, 3.05) is 5.32 Å². The quantitative estimate of drug-likeness (QED) is 0.778. The molecule has 0 unspecified atom stereocenters. The highest BCUT2D eigenvalue weighted by molar-refractivity contribution is 7.44. The van der Waals surface area contributed by atoms with Crippen LogP contribution in [0.25, 0.3) is 0 Å². The van der Waals surface area contributed by atoms with Gasteiger partial charge in [-0.1, -0.05) is 6.07 Å². The molecule has 0 aromatic heterocycles. The molecule has 0 fully saturated rings. The number of fused-ring (bicyclic) bond motifs is 2. The molecule has 2 N–H and O–H groups in total. The van der Waals surface area contributed by atoms with Crippen LogP contribution in [0.3, 0.4) is 0 Å². The van der Waals surface area contributed by atoms with E-state index < -0.39 is 0 Å². The summed E-state index contributed by atoms with van der Waals surface area (Å²) in [4.78, 5) is 11.5. The van der Waals surface area contributed by atoms with Crippen LogP contribution in [0, 0.1) is 0 Å². The van der Waals surface area contributed by atoms with Crippen LogP contribution in [-0.2, 0) is 38.1 Å². The van der Waals surface area contributed by atoms with Crippen molar-refractivity contribution in [3.8, 4) is 0 Å². The Bertz CT molecular complexity index is 478. The second-order valence-electron chi connectivity index (χ2n) is 4.79. The minimum atomic E-state index is -0.283. The van der Waals surface area contributed by atoms with Crippen LogP contribution < -0.4 is 9.68 Å². The molecule has 0 bridgehead atoms. The Morgan fingerprint density at radius 3 is 2.24 bits per heavy atom. The summed E-state index contributed by atoms with van der Waals surface area (Å²) in [7, 11) is 0. The van der Waals surface area contributed by atoms with Crippen LogP contribution in [0.2, 0.25) is 0 Å². The number of carbonyl (C=O) groups excluding carboxylic acids is 1. The third kappa shape index (κ3) is 1.76. The number of hydrogen-bond acceptors (Lipinski definition) is 2. The summed E-state index contributed by atoms with van der Waals surface area (Å²) in [5, 5.41) is 2.94. The third-order valence-electron chi connectivity index (χ3n) is 3.80. The van der Waals surface area contributed by atoms with E-state index in [4.69, 9.17) is 0 Å². The summed E-state index contributed by atoms with van der Waals surface area (Å²) >= 11 is 4.57. The molecule has 0 atom stereocenters. The van der Waals surface area contributed by atoms with Gasteiger partial charge in [-0.3, -0.25) is 0 Å². The average Bonchev–Trinajstić information content (AvgIpc) is 2.96.